The lowest BCUT2D eigenvalue weighted by Gasteiger charge is -2.20. The smallest absolute Gasteiger partial charge is 0.113 e. The first-order valence-electron chi connectivity index (χ1n) is 3.61. The van der Waals surface area contributed by atoms with Crippen LogP contribution in [-0.4, -0.2) is 17.6 Å². The van der Waals surface area contributed by atoms with E-state index in [1.807, 2.05) is 6.92 Å². The van der Waals surface area contributed by atoms with E-state index in [9.17, 15) is 0 Å². The Morgan fingerprint density at radius 1 is 1.82 bits per heavy atom. The van der Waals surface area contributed by atoms with Crippen molar-refractivity contribution in [2.24, 2.45) is 5.10 Å². The summed E-state index contributed by atoms with van der Waals surface area (Å²) in [5, 5.41) is 3.98. The minimum atomic E-state index is -0.227. The van der Waals surface area contributed by atoms with E-state index >= 15 is 0 Å². The quantitative estimate of drug-likeness (QED) is 0.491. The van der Waals surface area contributed by atoms with Gasteiger partial charge in [-0.3, -0.25) is 5.43 Å². The number of hydrazone groups is 1. The molecule has 0 saturated heterocycles. The molecule has 11 heavy (non-hydrogen) atoms. The molecule has 0 amide bonds. The van der Waals surface area contributed by atoms with Gasteiger partial charge in [0.15, 0.2) is 0 Å². The average Bonchev–Trinajstić information content (AvgIpc) is 2.15. The van der Waals surface area contributed by atoms with Gasteiger partial charge in [-0.2, -0.15) is 5.10 Å². The molecule has 0 saturated carbocycles. The van der Waals surface area contributed by atoms with E-state index in [0.717, 1.165) is 12.8 Å². The van der Waals surface area contributed by atoms with Gasteiger partial charge in [-0.25, -0.2) is 0 Å². The van der Waals surface area contributed by atoms with Crippen LogP contribution in [0.1, 0.15) is 19.8 Å². The molecule has 0 fully saturated rings. The average molecular weight is 171 g/mol. The van der Waals surface area contributed by atoms with Crippen molar-refractivity contribution in [3.63, 3.8) is 0 Å². The van der Waals surface area contributed by atoms with E-state index in [1.54, 1.807) is 6.21 Å². The Bertz CT molecular complexity index is 214. The van der Waals surface area contributed by atoms with E-state index < -0.39 is 0 Å². The normalized spacial score (nSPS) is 28.2. The number of nitrogens with one attached hydrogen (secondary N) is 1. The minimum Gasteiger partial charge on any atom is -0.292 e. The topological polar surface area (TPSA) is 24.4 Å². The van der Waals surface area contributed by atoms with Crippen molar-refractivity contribution >= 4 is 17.8 Å². The molecule has 0 aliphatic carbocycles. The second-order valence-electron chi connectivity index (χ2n) is 2.70. The van der Waals surface area contributed by atoms with Gasteiger partial charge in [-0.15, -0.1) is 11.6 Å². The molecular weight excluding hydrogens is 160 g/mol. The zero-order chi connectivity index (χ0) is 8.16. The maximum Gasteiger partial charge on any atom is 0.113 e. The van der Waals surface area contributed by atoms with Crippen LogP contribution >= 0.6 is 11.6 Å². The Balaban J connectivity index is 2.65. The summed E-state index contributed by atoms with van der Waals surface area (Å²) in [5.74, 6) is 6.70. The van der Waals surface area contributed by atoms with Crippen LogP contribution in [0.3, 0.4) is 0 Å². The highest BCUT2D eigenvalue weighted by atomic mass is 35.5. The zero-order valence-corrected chi connectivity index (χ0v) is 7.28. The van der Waals surface area contributed by atoms with Crippen LogP contribution < -0.4 is 5.43 Å². The molecule has 0 radical (unpaired) electrons. The third kappa shape index (κ3) is 2.44. The molecule has 1 aliphatic heterocycles. The van der Waals surface area contributed by atoms with Crippen LogP contribution in [0.25, 0.3) is 0 Å². The van der Waals surface area contributed by atoms with Gasteiger partial charge in [-0.1, -0.05) is 11.8 Å². The van der Waals surface area contributed by atoms with E-state index in [2.05, 4.69) is 22.4 Å². The summed E-state index contributed by atoms with van der Waals surface area (Å²) in [5.41, 5.74) is 2.74. The SMILES string of the molecule is CC1(CCCl)C#CCC=NN1. The predicted octanol–water partition coefficient (Wildman–Crippen LogP) is 1.36. The molecule has 1 atom stereocenters. The largest absolute Gasteiger partial charge is 0.292 e. The molecule has 2 nitrogen and oxygen atoms in total. The van der Waals surface area contributed by atoms with Crippen molar-refractivity contribution < 1.29 is 0 Å². The van der Waals surface area contributed by atoms with Gasteiger partial charge in [0, 0.05) is 18.5 Å². The Morgan fingerprint density at radius 2 is 2.64 bits per heavy atom. The van der Waals surface area contributed by atoms with Crippen molar-refractivity contribution in [2.45, 2.75) is 25.3 Å². The van der Waals surface area contributed by atoms with Crippen molar-refractivity contribution in [2.75, 3.05) is 5.88 Å². The molecule has 0 aromatic carbocycles. The van der Waals surface area contributed by atoms with Gasteiger partial charge in [0.2, 0.25) is 0 Å². The minimum absolute atomic E-state index is 0.227. The van der Waals surface area contributed by atoms with E-state index in [1.165, 1.54) is 0 Å². The van der Waals surface area contributed by atoms with Crippen molar-refractivity contribution in [1.29, 1.82) is 0 Å². The monoisotopic (exact) mass is 170 g/mol. The molecule has 60 valence electrons. The molecule has 0 aromatic rings. The summed E-state index contributed by atoms with van der Waals surface area (Å²) in [6, 6.07) is 0. The Hall–Kier alpha value is -0.680. The highest BCUT2D eigenvalue weighted by molar-refractivity contribution is 6.17. The fourth-order valence-corrected chi connectivity index (χ4v) is 1.24. The molecule has 1 aliphatic rings. The van der Waals surface area contributed by atoms with Crippen LogP contribution in [0.2, 0.25) is 0 Å². The molecule has 3 heteroatoms. The summed E-state index contributed by atoms with van der Waals surface area (Å²) in [6.45, 7) is 2.00. The van der Waals surface area contributed by atoms with Crippen LogP contribution in [0.4, 0.5) is 0 Å². The molecule has 0 bridgehead atoms. The first kappa shape index (κ1) is 8.42. The van der Waals surface area contributed by atoms with E-state index in [0.29, 0.717) is 5.88 Å². The lowest BCUT2D eigenvalue weighted by Crippen LogP contribution is -2.37. The lowest BCUT2D eigenvalue weighted by atomic mass is 10.0. The van der Waals surface area contributed by atoms with E-state index in [-0.39, 0.29) is 5.54 Å². The highest BCUT2D eigenvalue weighted by Crippen LogP contribution is 2.10. The summed E-state index contributed by atoms with van der Waals surface area (Å²) in [4.78, 5) is 0. The number of hydrogen-bond acceptors (Lipinski definition) is 2. The predicted molar refractivity (Wildman–Crippen MR) is 47.8 cm³/mol. The van der Waals surface area contributed by atoms with E-state index in [4.69, 9.17) is 11.6 Å². The number of rotatable bonds is 2. The lowest BCUT2D eigenvalue weighted by molar-refractivity contribution is 0.458. The number of hydrogen-bond donors (Lipinski definition) is 1. The molecule has 1 unspecified atom stereocenters. The molecule has 0 spiro atoms. The molecule has 1 N–H and O–H groups in total. The van der Waals surface area contributed by atoms with Gasteiger partial charge >= 0.3 is 0 Å². The Morgan fingerprint density at radius 3 is 3.36 bits per heavy atom. The first-order valence-corrected chi connectivity index (χ1v) is 4.15. The van der Waals surface area contributed by atoms with Gasteiger partial charge < -0.3 is 0 Å². The third-order valence-electron chi connectivity index (χ3n) is 1.55. The van der Waals surface area contributed by atoms with Crippen molar-refractivity contribution in [3.8, 4) is 11.8 Å². The van der Waals surface area contributed by atoms with Crippen LogP contribution in [0.5, 0.6) is 0 Å². The summed E-state index contributed by atoms with van der Waals surface area (Å²) in [7, 11) is 0. The highest BCUT2D eigenvalue weighted by Gasteiger charge is 2.19. The maximum atomic E-state index is 5.62. The number of nitrogens with zero attached hydrogens (tertiary/aromatic N) is 1. The number of alkyl halides is 1. The third-order valence-corrected chi connectivity index (χ3v) is 1.74. The second-order valence-corrected chi connectivity index (χ2v) is 3.08. The maximum absolute atomic E-state index is 5.62. The summed E-state index contributed by atoms with van der Waals surface area (Å²) in [6.07, 6.45) is 3.32. The van der Waals surface area contributed by atoms with Crippen LogP contribution in [-0.2, 0) is 0 Å². The Labute approximate surface area is 72.0 Å². The Kier molecular flexibility index (Phi) is 2.78. The molecule has 1 rings (SSSR count). The summed E-state index contributed by atoms with van der Waals surface area (Å²) < 4.78 is 0. The molecule has 0 aromatic heterocycles. The summed E-state index contributed by atoms with van der Waals surface area (Å²) >= 11 is 5.62. The van der Waals surface area contributed by atoms with Crippen LogP contribution in [0, 0.1) is 11.8 Å². The first-order chi connectivity index (χ1) is 5.27. The van der Waals surface area contributed by atoms with Crippen LogP contribution in [0.15, 0.2) is 5.10 Å². The fourth-order valence-electron chi connectivity index (χ4n) is 0.861. The van der Waals surface area contributed by atoms with Crippen molar-refractivity contribution in [1.82, 2.24) is 5.43 Å². The van der Waals surface area contributed by atoms with Gasteiger partial charge in [0.25, 0.3) is 0 Å². The van der Waals surface area contributed by atoms with Gasteiger partial charge in [0.1, 0.15) is 5.54 Å². The fraction of sp³-hybridized carbons (Fsp3) is 0.625. The number of halogens is 1. The van der Waals surface area contributed by atoms with Crippen molar-refractivity contribution in [3.05, 3.63) is 0 Å². The molecular formula is C8H11ClN2. The van der Waals surface area contributed by atoms with Gasteiger partial charge in [0.05, 0.1) is 0 Å². The van der Waals surface area contributed by atoms with Gasteiger partial charge in [-0.05, 0) is 13.3 Å². The zero-order valence-electron chi connectivity index (χ0n) is 6.52. The standard InChI is InChI=1S/C8H11ClN2/c1-8(5-6-9)4-2-3-7-10-11-8/h7,11H,3,5-6H2,1H3. The molecule has 1 heterocycles. The second kappa shape index (κ2) is 3.64.